The zero-order valence-corrected chi connectivity index (χ0v) is 15.4. The summed E-state index contributed by atoms with van der Waals surface area (Å²) in [6.07, 6.45) is -1.25. The zero-order chi connectivity index (χ0) is 20.6. The molecule has 0 aliphatic heterocycles. The van der Waals surface area contributed by atoms with Crippen LogP contribution in [0.25, 0.3) is 16.7 Å². The smallest absolute Gasteiger partial charge is 0.265 e. The van der Waals surface area contributed by atoms with Crippen LogP contribution in [-0.4, -0.2) is 19.5 Å². The van der Waals surface area contributed by atoms with Gasteiger partial charge in [-0.15, -0.1) is 0 Å². The van der Waals surface area contributed by atoms with E-state index in [0.717, 1.165) is 16.2 Å². The lowest BCUT2D eigenvalue weighted by atomic mass is 10.1. The van der Waals surface area contributed by atoms with E-state index in [-0.39, 0.29) is 22.8 Å². The molecule has 3 aromatic heterocycles. The van der Waals surface area contributed by atoms with Crippen LogP contribution < -0.4 is 5.69 Å². The molecule has 0 unspecified atom stereocenters. The summed E-state index contributed by atoms with van der Waals surface area (Å²) in [7, 11) is 0. The number of hydrogen-bond donors (Lipinski definition) is 0. The van der Waals surface area contributed by atoms with Gasteiger partial charge in [0.05, 0.1) is 16.4 Å². The topological polar surface area (TPSA) is 60.7 Å². The van der Waals surface area contributed by atoms with Gasteiger partial charge in [0.2, 0.25) is 0 Å². The molecular weight excluding hydrogens is 405 g/mol. The Hall–Kier alpha value is -3.26. The maximum absolute atomic E-state index is 13.3. The van der Waals surface area contributed by atoms with Gasteiger partial charge in [0, 0.05) is 24.2 Å². The van der Waals surface area contributed by atoms with Crippen molar-refractivity contribution in [1.82, 2.24) is 19.5 Å². The van der Waals surface area contributed by atoms with Crippen LogP contribution in [0.3, 0.4) is 0 Å². The quantitative estimate of drug-likeness (QED) is 0.495. The third-order valence-corrected chi connectivity index (χ3v) is 4.64. The van der Waals surface area contributed by atoms with Crippen LogP contribution in [0.2, 0.25) is 5.02 Å². The molecule has 3 heterocycles. The van der Waals surface area contributed by atoms with Crippen LogP contribution in [0, 0.1) is 0 Å². The van der Waals surface area contributed by atoms with E-state index in [1.54, 1.807) is 36.7 Å². The summed E-state index contributed by atoms with van der Waals surface area (Å²) in [5.41, 5.74) is -0.687. The molecule has 0 spiro atoms. The number of nitrogens with zero attached hydrogens (tertiary/aromatic N) is 4. The second-order valence-corrected chi connectivity index (χ2v) is 6.63. The highest BCUT2D eigenvalue weighted by Gasteiger charge is 2.33. The molecular formula is C20H12ClF3N4O. The maximum Gasteiger partial charge on any atom is 0.433 e. The molecule has 0 atom stereocenters. The van der Waals surface area contributed by atoms with E-state index >= 15 is 0 Å². The van der Waals surface area contributed by atoms with Gasteiger partial charge in [0.25, 0.3) is 0 Å². The van der Waals surface area contributed by atoms with Gasteiger partial charge in [-0.05, 0) is 42.0 Å². The molecule has 0 saturated carbocycles. The molecule has 5 nitrogen and oxygen atoms in total. The van der Waals surface area contributed by atoms with Crippen LogP contribution in [0.4, 0.5) is 13.2 Å². The van der Waals surface area contributed by atoms with Crippen molar-refractivity contribution in [3.05, 3.63) is 93.4 Å². The second-order valence-electron chi connectivity index (χ2n) is 6.23. The molecule has 0 fully saturated rings. The first-order chi connectivity index (χ1) is 13.8. The van der Waals surface area contributed by atoms with Gasteiger partial charge in [-0.2, -0.15) is 18.2 Å². The van der Waals surface area contributed by atoms with Crippen molar-refractivity contribution >= 4 is 22.6 Å². The van der Waals surface area contributed by atoms with Crippen LogP contribution in [0.5, 0.6) is 0 Å². The fraction of sp³-hybridized carbons (Fsp3) is 0.100. The minimum absolute atomic E-state index is 0.156. The molecule has 4 aromatic rings. The standard InChI is InChI=1S/C20H12ClF3N4O/c21-14-3-1-2-4-16(14)28-18-13(5-6-17(27-18)20(22,23)24)15(26-19(28)29)11-12-7-9-25-10-8-12/h1-10H,11H2. The largest absolute Gasteiger partial charge is 0.433 e. The Morgan fingerprint density at radius 1 is 0.966 bits per heavy atom. The lowest BCUT2D eigenvalue weighted by Crippen LogP contribution is -2.25. The molecule has 0 aliphatic carbocycles. The predicted octanol–water partition coefficient (Wildman–Crippen LogP) is 4.44. The summed E-state index contributed by atoms with van der Waals surface area (Å²) in [5.74, 6) is 0. The Balaban J connectivity index is 2.03. The van der Waals surface area contributed by atoms with Gasteiger partial charge in [-0.3, -0.25) is 4.98 Å². The first-order valence-electron chi connectivity index (χ1n) is 8.48. The molecule has 29 heavy (non-hydrogen) atoms. The minimum Gasteiger partial charge on any atom is -0.265 e. The second kappa shape index (κ2) is 7.29. The van der Waals surface area contributed by atoms with Gasteiger partial charge in [0.15, 0.2) is 5.65 Å². The normalized spacial score (nSPS) is 11.7. The van der Waals surface area contributed by atoms with Crippen LogP contribution in [0.15, 0.2) is 65.7 Å². The van der Waals surface area contributed by atoms with E-state index in [1.807, 2.05) is 0 Å². The van der Waals surface area contributed by atoms with Gasteiger partial charge in [0.1, 0.15) is 5.69 Å². The summed E-state index contributed by atoms with van der Waals surface area (Å²) in [5, 5.41) is 0.521. The first kappa shape index (κ1) is 19.1. The molecule has 0 amide bonds. The van der Waals surface area contributed by atoms with Crippen molar-refractivity contribution in [1.29, 1.82) is 0 Å². The molecule has 1 aromatic carbocycles. The monoisotopic (exact) mass is 416 g/mol. The van der Waals surface area contributed by atoms with E-state index in [0.29, 0.717) is 11.1 Å². The number of fused-ring (bicyclic) bond motifs is 1. The molecule has 0 saturated heterocycles. The Morgan fingerprint density at radius 2 is 1.69 bits per heavy atom. The number of halogens is 4. The summed E-state index contributed by atoms with van der Waals surface area (Å²) in [6.45, 7) is 0. The number of hydrogen-bond acceptors (Lipinski definition) is 4. The molecule has 0 aliphatic rings. The Bertz CT molecular complexity index is 1260. The molecule has 0 N–H and O–H groups in total. The van der Waals surface area contributed by atoms with Gasteiger partial charge >= 0.3 is 11.9 Å². The average molecular weight is 417 g/mol. The number of alkyl halides is 3. The maximum atomic E-state index is 13.3. The molecule has 4 rings (SSSR count). The summed E-state index contributed by atoms with van der Waals surface area (Å²) < 4.78 is 40.8. The van der Waals surface area contributed by atoms with Crippen molar-refractivity contribution in [2.24, 2.45) is 0 Å². The third kappa shape index (κ3) is 3.71. The van der Waals surface area contributed by atoms with Crippen molar-refractivity contribution in [2.45, 2.75) is 12.6 Å². The Morgan fingerprint density at radius 3 is 2.38 bits per heavy atom. The van der Waals surface area contributed by atoms with E-state index in [4.69, 9.17) is 11.6 Å². The number of rotatable bonds is 3. The highest BCUT2D eigenvalue weighted by Crippen LogP contribution is 2.30. The van der Waals surface area contributed by atoms with Crippen LogP contribution in [-0.2, 0) is 12.6 Å². The average Bonchev–Trinajstić information content (AvgIpc) is 2.69. The summed E-state index contributed by atoms with van der Waals surface area (Å²) in [4.78, 5) is 24.6. The third-order valence-electron chi connectivity index (χ3n) is 4.32. The fourth-order valence-electron chi connectivity index (χ4n) is 3.00. The molecule has 0 bridgehead atoms. The van der Waals surface area contributed by atoms with Gasteiger partial charge in [-0.1, -0.05) is 23.7 Å². The highest BCUT2D eigenvalue weighted by molar-refractivity contribution is 6.32. The van der Waals surface area contributed by atoms with E-state index in [2.05, 4.69) is 15.0 Å². The van der Waals surface area contributed by atoms with Crippen molar-refractivity contribution in [2.75, 3.05) is 0 Å². The number of para-hydroxylation sites is 1. The van der Waals surface area contributed by atoms with E-state index < -0.39 is 17.6 Å². The lowest BCUT2D eigenvalue weighted by Gasteiger charge is -2.15. The predicted molar refractivity (Wildman–Crippen MR) is 102 cm³/mol. The zero-order valence-electron chi connectivity index (χ0n) is 14.7. The lowest BCUT2D eigenvalue weighted by molar-refractivity contribution is -0.141. The van der Waals surface area contributed by atoms with E-state index in [9.17, 15) is 18.0 Å². The fourth-order valence-corrected chi connectivity index (χ4v) is 3.22. The SMILES string of the molecule is O=c1nc(Cc2ccncc2)c2ccc(C(F)(F)F)nc2n1-c1ccccc1Cl. The number of aromatic nitrogens is 4. The van der Waals surface area contributed by atoms with Crippen molar-refractivity contribution in [3.8, 4) is 5.69 Å². The summed E-state index contributed by atoms with van der Waals surface area (Å²) >= 11 is 6.19. The van der Waals surface area contributed by atoms with Crippen molar-refractivity contribution < 1.29 is 13.2 Å². The summed E-state index contributed by atoms with van der Waals surface area (Å²) in [6, 6.07) is 12.0. The molecule has 9 heteroatoms. The minimum atomic E-state index is -4.66. The van der Waals surface area contributed by atoms with E-state index in [1.165, 1.54) is 18.2 Å². The Labute approximate surface area is 167 Å². The van der Waals surface area contributed by atoms with Gasteiger partial charge in [-0.25, -0.2) is 14.3 Å². The molecule has 146 valence electrons. The van der Waals surface area contributed by atoms with Crippen molar-refractivity contribution in [3.63, 3.8) is 0 Å². The van der Waals surface area contributed by atoms with Crippen LogP contribution >= 0.6 is 11.6 Å². The first-order valence-corrected chi connectivity index (χ1v) is 8.86. The number of pyridine rings is 2. The molecule has 0 radical (unpaired) electrons. The Kier molecular flexibility index (Phi) is 4.79. The van der Waals surface area contributed by atoms with Crippen LogP contribution in [0.1, 0.15) is 17.0 Å². The highest BCUT2D eigenvalue weighted by atomic mass is 35.5. The number of benzene rings is 1. The van der Waals surface area contributed by atoms with Gasteiger partial charge < -0.3 is 0 Å².